The molecule has 0 atom stereocenters. The Bertz CT molecular complexity index is 537. The molecular formula is C12H11FN2S2. The molecule has 0 aliphatic carbocycles. The predicted octanol–water partition coefficient (Wildman–Crippen LogP) is 3.81. The van der Waals surface area contributed by atoms with Crippen molar-refractivity contribution in [3.05, 3.63) is 42.7 Å². The van der Waals surface area contributed by atoms with E-state index in [4.69, 9.17) is 5.73 Å². The van der Waals surface area contributed by atoms with Crippen molar-refractivity contribution in [2.75, 3.05) is 11.5 Å². The van der Waals surface area contributed by atoms with Crippen LogP contribution in [0.3, 0.4) is 0 Å². The van der Waals surface area contributed by atoms with Crippen molar-refractivity contribution in [3.8, 4) is 11.3 Å². The van der Waals surface area contributed by atoms with Crippen LogP contribution >= 0.6 is 23.1 Å². The summed E-state index contributed by atoms with van der Waals surface area (Å²) in [5.74, 6) is 0.466. The number of benzene rings is 1. The number of nitrogens with two attached hydrogens (primary N) is 1. The van der Waals surface area contributed by atoms with Crippen LogP contribution in [0.4, 0.5) is 9.39 Å². The third kappa shape index (κ3) is 2.68. The molecule has 17 heavy (non-hydrogen) atoms. The number of thioether (sulfide) groups is 1. The highest BCUT2D eigenvalue weighted by atomic mass is 32.2. The Hall–Kier alpha value is -1.33. The Balaban J connectivity index is 2.36. The fourth-order valence-corrected chi connectivity index (χ4v) is 3.05. The molecule has 0 spiro atoms. The molecule has 0 amide bonds. The van der Waals surface area contributed by atoms with Crippen molar-refractivity contribution in [2.24, 2.45) is 0 Å². The van der Waals surface area contributed by atoms with Crippen LogP contribution in [0, 0.1) is 5.82 Å². The SMILES string of the molecule is C=CCSc1nc(-c2ccccc2F)c(N)s1. The van der Waals surface area contributed by atoms with Gasteiger partial charge in [-0.1, -0.05) is 41.3 Å². The largest absolute Gasteiger partial charge is 0.389 e. The molecular weight excluding hydrogens is 255 g/mol. The maximum Gasteiger partial charge on any atom is 0.152 e. The number of thiazole rings is 1. The fourth-order valence-electron chi connectivity index (χ4n) is 1.35. The van der Waals surface area contributed by atoms with Gasteiger partial charge in [-0.3, -0.25) is 0 Å². The zero-order valence-corrected chi connectivity index (χ0v) is 10.7. The van der Waals surface area contributed by atoms with Gasteiger partial charge in [0.15, 0.2) is 4.34 Å². The highest BCUT2D eigenvalue weighted by Crippen LogP contribution is 2.36. The van der Waals surface area contributed by atoms with E-state index in [2.05, 4.69) is 11.6 Å². The summed E-state index contributed by atoms with van der Waals surface area (Å²) in [5, 5.41) is 0.543. The van der Waals surface area contributed by atoms with Gasteiger partial charge in [-0.05, 0) is 12.1 Å². The van der Waals surface area contributed by atoms with Crippen molar-refractivity contribution >= 4 is 28.1 Å². The zero-order chi connectivity index (χ0) is 12.3. The van der Waals surface area contributed by atoms with E-state index in [1.807, 2.05) is 0 Å². The van der Waals surface area contributed by atoms with Crippen LogP contribution < -0.4 is 5.73 Å². The molecule has 2 nitrogen and oxygen atoms in total. The lowest BCUT2D eigenvalue weighted by molar-refractivity contribution is 0.631. The lowest BCUT2D eigenvalue weighted by Gasteiger charge is -1.99. The van der Waals surface area contributed by atoms with Crippen molar-refractivity contribution in [1.82, 2.24) is 4.98 Å². The van der Waals surface area contributed by atoms with Crippen LogP contribution in [0.25, 0.3) is 11.3 Å². The van der Waals surface area contributed by atoms with Crippen molar-refractivity contribution in [2.45, 2.75) is 4.34 Å². The summed E-state index contributed by atoms with van der Waals surface area (Å²) in [7, 11) is 0. The second-order valence-corrected chi connectivity index (χ2v) is 5.57. The standard InChI is InChI=1S/C12H11FN2S2/c1-2-7-16-12-15-10(11(14)17-12)8-5-3-4-6-9(8)13/h2-6H,1,7,14H2. The zero-order valence-electron chi connectivity index (χ0n) is 9.02. The van der Waals surface area contributed by atoms with E-state index in [0.29, 0.717) is 16.3 Å². The van der Waals surface area contributed by atoms with Gasteiger partial charge in [0.25, 0.3) is 0 Å². The molecule has 0 aliphatic rings. The molecule has 0 bridgehead atoms. The predicted molar refractivity (Wildman–Crippen MR) is 72.8 cm³/mol. The molecule has 5 heteroatoms. The number of hydrogen-bond acceptors (Lipinski definition) is 4. The monoisotopic (exact) mass is 266 g/mol. The van der Waals surface area contributed by atoms with E-state index in [0.717, 1.165) is 10.1 Å². The Morgan fingerprint density at radius 1 is 1.47 bits per heavy atom. The van der Waals surface area contributed by atoms with Crippen molar-refractivity contribution in [3.63, 3.8) is 0 Å². The Morgan fingerprint density at radius 3 is 2.94 bits per heavy atom. The summed E-state index contributed by atoms with van der Waals surface area (Å²) in [5.41, 5.74) is 6.84. The van der Waals surface area contributed by atoms with E-state index in [1.54, 1.807) is 36.0 Å². The maximum absolute atomic E-state index is 13.6. The van der Waals surface area contributed by atoms with E-state index >= 15 is 0 Å². The summed E-state index contributed by atoms with van der Waals surface area (Å²) in [6.07, 6.45) is 1.80. The quantitative estimate of drug-likeness (QED) is 0.675. The molecule has 0 fully saturated rings. The summed E-state index contributed by atoms with van der Waals surface area (Å²) in [4.78, 5) is 4.35. The molecule has 2 N–H and O–H groups in total. The van der Waals surface area contributed by atoms with Crippen molar-refractivity contribution in [1.29, 1.82) is 0 Å². The van der Waals surface area contributed by atoms with Gasteiger partial charge in [0.1, 0.15) is 16.5 Å². The van der Waals surface area contributed by atoms with Gasteiger partial charge >= 0.3 is 0 Å². The first kappa shape index (κ1) is 12.1. The second kappa shape index (κ2) is 5.33. The van der Waals surface area contributed by atoms with Crippen LogP contribution in [-0.4, -0.2) is 10.7 Å². The summed E-state index contributed by atoms with van der Waals surface area (Å²) in [6, 6.07) is 6.51. The minimum absolute atomic E-state index is 0.301. The van der Waals surface area contributed by atoms with Crippen LogP contribution in [0.1, 0.15) is 0 Å². The molecule has 2 aromatic rings. The summed E-state index contributed by atoms with van der Waals surface area (Å²) < 4.78 is 14.4. The first-order valence-corrected chi connectivity index (χ1v) is 6.77. The highest BCUT2D eigenvalue weighted by Gasteiger charge is 2.13. The van der Waals surface area contributed by atoms with Gasteiger partial charge < -0.3 is 5.73 Å². The highest BCUT2D eigenvalue weighted by molar-refractivity contribution is 8.01. The van der Waals surface area contributed by atoms with Crippen LogP contribution in [0.5, 0.6) is 0 Å². The molecule has 1 aromatic carbocycles. The molecule has 88 valence electrons. The van der Waals surface area contributed by atoms with Gasteiger partial charge in [-0.15, -0.1) is 6.58 Å². The van der Waals surface area contributed by atoms with Crippen LogP contribution in [0.15, 0.2) is 41.3 Å². The van der Waals surface area contributed by atoms with E-state index in [9.17, 15) is 4.39 Å². The summed E-state index contributed by atoms with van der Waals surface area (Å²) in [6.45, 7) is 3.64. The number of halogens is 1. The molecule has 0 saturated carbocycles. The smallest absolute Gasteiger partial charge is 0.152 e. The molecule has 2 rings (SSSR count). The normalized spacial score (nSPS) is 10.4. The molecule has 1 heterocycles. The van der Waals surface area contributed by atoms with Crippen LogP contribution in [0.2, 0.25) is 0 Å². The first-order valence-electron chi connectivity index (χ1n) is 4.97. The maximum atomic E-state index is 13.6. The molecule has 0 unspecified atom stereocenters. The van der Waals surface area contributed by atoms with Gasteiger partial charge in [-0.25, -0.2) is 9.37 Å². The fraction of sp³-hybridized carbons (Fsp3) is 0.0833. The number of rotatable bonds is 4. The third-order valence-electron chi connectivity index (χ3n) is 2.09. The van der Waals surface area contributed by atoms with E-state index < -0.39 is 0 Å². The van der Waals surface area contributed by atoms with E-state index in [-0.39, 0.29) is 5.82 Å². The Labute approximate surface area is 107 Å². The first-order chi connectivity index (χ1) is 8.22. The van der Waals surface area contributed by atoms with E-state index in [1.165, 1.54) is 17.4 Å². The van der Waals surface area contributed by atoms with Crippen molar-refractivity contribution < 1.29 is 4.39 Å². The van der Waals surface area contributed by atoms with Crippen LogP contribution in [-0.2, 0) is 0 Å². The lowest BCUT2D eigenvalue weighted by Crippen LogP contribution is -1.88. The number of nitrogens with zero attached hydrogens (tertiary/aromatic N) is 1. The number of aromatic nitrogens is 1. The van der Waals surface area contributed by atoms with Gasteiger partial charge in [0.05, 0.1) is 0 Å². The average molecular weight is 266 g/mol. The number of hydrogen-bond donors (Lipinski definition) is 1. The summed E-state index contributed by atoms with van der Waals surface area (Å²) >= 11 is 2.92. The molecule has 0 radical (unpaired) electrons. The molecule has 0 aliphatic heterocycles. The minimum Gasteiger partial charge on any atom is -0.389 e. The van der Waals surface area contributed by atoms with Gasteiger partial charge in [0, 0.05) is 11.3 Å². The second-order valence-electron chi connectivity index (χ2n) is 3.27. The Kier molecular flexibility index (Phi) is 3.81. The number of anilines is 1. The Morgan fingerprint density at radius 2 is 2.24 bits per heavy atom. The van der Waals surface area contributed by atoms with Gasteiger partial charge in [0.2, 0.25) is 0 Å². The minimum atomic E-state index is -0.301. The third-order valence-corrected chi connectivity index (χ3v) is 4.11. The number of nitrogen functional groups attached to an aromatic ring is 1. The topological polar surface area (TPSA) is 38.9 Å². The molecule has 1 aromatic heterocycles. The average Bonchev–Trinajstić information content (AvgIpc) is 2.68. The lowest BCUT2D eigenvalue weighted by atomic mass is 10.1. The molecule has 0 saturated heterocycles. The van der Waals surface area contributed by atoms with Gasteiger partial charge in [-0.2, -0.15) is 0 Å².